The number of benzene rings is 2. The largest absolute Gasteiger partial charge is 0.491 e. The average molecular weight is 341 g/mol. The molecule has 134 valence electrons. The van der Waals surface area contributed by atoms with Gasteiger partial charge in [-0.1, -0.05) is 29.8 Å². The Balaban J connectivity index is 1.83. The Labute approximate surface area is 150 Å². The van der Waals surface area contributed by atoms with Crippen molar-refractivity contribution in [3.8, 4) is 11.5 Å². The van der Waals surface area contributed by atoms with E-state index >= 15 is 0 Å². The van der Waals surface area contributed by atoms with Crippen LogP contribution >= 0.6 is 0 Å². The summed E-state index contributed by atoms with van der Waals surface area (Å²) in [7, 11) is 0. The van der Waals surface area contributed by atoms with Crippen LogP contribution in [0.5, 0.6) is 11.5 Å². The van der Waals surface area contributed by atoms with E-state index in [9.17, 15) is 4.79 Å². The molecule has 0 bridgehead atoms. The van der Waals surface area contributed by atoms with Crippen LogP contribution in [0.4, 0.5) is 0 Å². The van der Waals surface area contributed by atoms with Crippen LogP contribution in [0.1, 0.15) is 30.5 Å². The Kier molecular flexibility index (Phi) is 6.45. The van der Waals surface area contributed by atoms with Gasteiger partial charge in [0.15, 0.2) is 6.10 Å². The van der Waals surface area contributed by atoms with Gasteiger partial charge in [-0.25, -0.2) is 0 Å². The van der Waals surface area contributed by atoms with Crippen molar-refractivity contribution >= 4 is 5.91 Å². The summed E-state index contributed by atoms with van der Waals surface area (Å²) in [5, 5.41) is 2.93. The van der Waals surface area contributed by atoms with E-state index in [0.29, 0.717) is 6.61 Å². The monoisotopic (exact) mass is 341 g/mol. The number of nitrogens with one attached hydrogen (secondary N) is 1. The van der Waals surface area contributed by atoms with Crippen molar-refractivity contribution in [2.24, 2.45) is 0 Å². The van der Waals surface area contributed by atoms with Gasteiger partial charge in [-0.15, -0.1) is 0 Å². The molecule has 1 N–H and O–H groups in total. The highest BCUT2D eigenvalue weighted by molar-refractivity contribution is 5.81. The highest BCUT2D eigenvalue weighted by atomic mass is 16.5. The summed E-state index contributed by atoms with van der Waals surface area (Å²) in [6.07, 6.45) is -0.567. The first-order valence-electron chi connectivity index (χ1n) is 8.59. The lowest BCUT2D eigenvalue weighted by Crippen LogP contribution is -2.43. The maximum absolute atomic E-state index is 12.3. The molecule has 0 aliphatic rings. The topological polar surface area (TPSA) is 47.6 Å². The normalized spacial score (nSPS) is 13.0. The van der Waals surface area contributed by atoms with Gasteiger partial charge in [0.2, 0.25) is 0 Å². The predicted octanol–water partition coefficient (Wildman–Crippen LogP) is 3.96. The van der Waals surface area contributed by atoms with Crippen LogP contribution in [-0.4, -0.2) is 24.7 Å². The second kappa shape index (κ2) is 8.56. The Morgan fingerprint density at radius 3 is 2.32 bits per heavy atom. The number of hydrogen-bond donors (Lipinski definition) is 1. The first-order chi connectivity index (χ1) is 11.8. The summed E-state index contributed by atoms with van der Waals surface area (Å²) in [6, 6.07) is 13.7. The molecule has 4 heteroatoms. The minimum absolute atomic E-state index is 0.113. The zero-order valence-electron chi connectivity index (χ0n) is 15.6. The molecule has 2 rings (SSSR count). The van der Waals surface area contributed by atoms with Crippen LogP contribution in [0.3, 0.4) is 0 Å². The van der Waals surface area contributed by atoms with E-state index in [1.54, 1.807) is 6.92 Å². The summed E-state index contributed by atoms with van der Waals surface area (Å²) in [6.45, 7) is 10.1. The van der Waals surface area contributed by atoms with Crippen molar-refractivity contribution < 1.29 is 14.3 Å². The fourth-order valence-corrected chi connectivity index (χ4v) is 2.34. The Morgan fingerprint density at radius 1 is 1.00 bits per heavy atom. The molecular weight excluding hydrogens is 314 g/mol. The lowest BCUT2D eigenvalue weighted by Gasteiger charge is -2.20. The Morgan fingerprint density at radius 2 is 1.64 bits per heavy atom. The number of carbonyl (C=O) groups is 1. The summed E-state index contributed by atoms with van der Waals surface area (Å²) in [4.78, 5) is 12.3. The van der Waals surface area contributed by atoms with E-state index < -0.39 is 6.10 Å². The molecular formula is C21H27NO3. The quantitative estimate of drug-likeness (QED) is 0.829. The van der Waals surface area contributed by atoms with E-state index in [-0.39, 0.29) is 11.9 Å². The van der Waals surface area contributed by atoms with Crippen LogP contribution in [0.2, 0.25) is 0 Å². The summed E-state index contributed by atoms with van der Waals surface area (Å²) in [5.74, 6) is 1.39. The Bertz CT molecular complexity index is 710. The molecule has 25 heavy (non-hydrogen) atoms. The van der Waals surface area contributed by atoms with Gasteiger partial charge >= 0.3 is 0 Å². The molecule has 0 saturated carbocycles. The number of ether oxygens (including phenoxy) is 2. The van der Waals surface area contributed by atoms with Gasteiger partial charge in [-0.05, 0) is 63.9 Å². The SMILES string of the molecule is Cc1ccc(OC[C@H](C)NC(=O)[C@H](C)Oc2cc(C)ccc2C)cc1. The molecule has 0 aliphatic heterocycles. The maximum Gasteiger partial charge on any atom is 0.261 e. The maximum atomic E-state index is 12.3. The smallest absolute Gasteiger partial charge is 0.261 e. The molecule has 0 saturated heterocycles. The lowest BCUT2D eigenvalue weighted by molar-refractivity contribution is -0.128. The van der Waals surface area contributed by atoms with Crippen LogP contribution in [0.25, 0.3) is 0 Å². The number of carbonyl (C=O) groups excluding carboxylic acids is 1. The minimum Gasteiger partial charge on any atom is -0.491 e. The van der Waals surface area contributed by atoms with Crippen molar-refractivity contribution in [3.63, 3.8) is 0 Å². The second-order valence-corrected chi connectivity index (χ2v) is 6.56. The first kappa shape index (κ1) is 18.8. The molecule has 0 aromatic heterocycles. The molecule has 1 amide bonds. The highest BCUT2D eigenvalue weighted by Gasteiger charge is 2.18. The number of hydrogen-bond acceptors (Lipinski definition) is 3. The third-order valence-electron chi connectivity index (χ3n) is 3.93. The molecule has 0 radical (unpaired) electrons. The zero-order chi connectivity index (χ0) is 18.4. The highest BCUT2D eigenvalue weighted by Crippen LogP contribution is 2.20. The van der Waals surface area contributed by atoms with Crippen molar-refractivity contribution in [2.75, 3.05) is 6.61 Å². The van der Waals surface area contributed by atoms with Gasteiger partial charge in [0.1, 0.15) is 18.1 Å². The zero-order valence-corrected chi connectivity index (χ0v) is 15.6. The second-order valence-electron chi connectivity index (χ2n) is 6.56. The number of amides is 1. The van der Waals surface area contributed by atoms with E-state index in [1.165, 1.54) is 5.56 Å². The lowest BCUT2D eigenvalue weighted by atomic mass is 10.1. The summed E-state index contributed by atoms with van der Waals surface area (Å²) < 4.78 is 11.5. The summed E-state index contributed by atoms with van der Waals surface area (Å²) in [5.41, 5.74) is 3.31. The fraction of sp³-hybridized carbons (Fsp3) is 0.381. The number of rotatable bonds is 7. The van der Waals surface area contributed by atoms with E-state index in [1.807, 2.05) is 70.2 Å². The van der Waals surface area contributed by atoms with Crippen LogP contribution in [0, 0.1) is 20.8 Å². The third-order valence-corrected chi connectivity index (χ3v) is 3.93. The molecule has 0 unspecified atom stereocenters. The molecule has 0 fully saturated rings. The van der Waals surface area contributed by atoms with Crippen LogP contribution in [-0.2, 0) is 4.79 Å². The predicted molar refractivity (Wildman–Crippen MR) is 100 cm³/mol. The summed E-state index contributed by atoms with van der Waals surface area (Å²) >= 11 is 0. The molecule has 0 heterocycles. The van der Waals surface area contributed by atoms with E-state index in [2.05, 4.69) is 5.32 Å². The van der Waals surface area contributed by atoms with E-state index in [0.717, 1.165) is 22.6 Å². The van der Waals surface area contributed by atoms with Crippen LogP contribution < -0.4 is 14.8 Å². The molecule has 4 nitrogen and oxygen atoms in total. The fourth-order valence-electron chi connectivity index (χ4n) is 2.34. The van der Waals surface area contributed by atoms with Crippen LogP contribution in [0.15, 0.2) is 42.5 Å². The van der Waals surface area contributed by atoms with Crippen molar-refractivity contribution in [1.82, 2.24) is 5.32 Å². The van der Waals surface area contributed by atoms with Gasteiger partial charge < -0.3 is 14.8 Å². The van der Waals surface area contributed by atoms with Crippen molar-refractivity contribution in [3.05, 3.63) is 59.2 Å². The minimum atomic E-state index is -0.567. The standard InChI is InChI=1S/C21H27NO3/c1-14-7-10-19(11-8-14)24-13-17(4)22-21(23)18(5)25-20-12-15(2)6-9-16(20)3/h6-12,17-18H,13H2,1-5H3,(H,22,23)/t17-,18-/m0/s1. The molecule has 2 aromatic carbocycles. The van der Waals surface area contributed by atoms with Crippen molar-refractivity contribution in [1.29, 1.82) is 0 Å². The van der Waals surface area contributed by atoms with Gasteiger partial charge in [-0.2, -0.15) is 0 Å². The van der Waals surface area contributed by atoms with Gasteiger partial charge in [0.05, 0.1) is 6.04 Å². The number of aryl methyl sites for hydroxylation is 3. The Hall–Kier alpha value is -2.49. The van der Waals surface area contributed by atoms with E-state index in [4.69, 9.17) is 9.47 Å². The third kappa shape index (κ3) is 5.82. The molecule has 2 aromatic rings. The average Bonchev–Trinajstić information content (AvgIpc) is 2.57. The molecule has 0 spiro atoms. The molecule has 0 aliphatic carbocycles. The van der Waals surface area contributed by atoms with Crippen molar-refractivity contribution in [2.45, 2.75) is 46.8 Å². The van der Waals surface area contributed by atoms with Gasteiger partial charge in [-0.3, -0.25) is 4.79 Å². The van der Waals surface area contributed by atoms with Gasteiger partial charge in [0, 0.05) is 0 Å². The molecule has 2 atom stereocenters. The van der Waals surface area contributed by atoms with Gasteiger partial charge in [0.25, 0.3) is 5.91 Å². The first-order valence-corrected chi connectivity index (χ1v) is 8.59.